The monoisotopic (exact) mass is 406 g/mol. The topological polar surface area (TPSA) is 49.3 Å². The van der Waals surface area contributed by atoms with Crippen molar-refractivity contribution in [1.29, 1.82) is 0 Å². The molecule has 1 aromatic heterocycles. The maximum absolute atomic E-state index is 4.76. The highest BCUT2D eigenvalue weighted by molar-refractivity contribution is 14.0. The largest absolute Gasteiger partial charge is 0.356 e. The molecule has 0 aromatic carbocycles. The van der Waals surface area contributed by atoms with Gasteiger partial charge in [0.25, 0.3) is 0 Å². The number of halogens is 1. The van der Waals surface area contributed by atoms with Crippen molar-refractivity contribution in [3.05, 3.63) is 15.6 Å². The van der Waals surface area contributed by atoms with Crippen LogP contribution in [0.3, 0.4) is 0 Å². The molecule has 0 amide bonds. The summed E-state index contributed by atoms with van der Waals surface area (Å²) < 4.78 is 0. The van der Waals surface area contributed by atoms with Crippen LogP contribution in [0.25, 0.3) is 0 Å². The number of rotatable bonds is 4. The smallest absolute Gasteiger partial charge is 0.191 e. The number of aromatic nitrogens is 1. The summed E-state index contributed by atoms with van der Waals surface area (Å²) in [6, 6.07) is 0.651. The molecule has 0 spiro atoms. The summed E-state index contributed by atoms with van der Waals surface area (Å²) in [5, 5.41) is 8.05. The van der Waals surface area contributed by atoms with Crippen LogP contribution < -0.4 is 10.6 Å². The van der Waals surface area contributed by atoms with Crippen molar-refractivity contribution in [3.8, 4) is 0 Å². The number of hydrogen-bond donors (Lipinski definition) is 2. The molecular formula is C14H23IN4S. The van der Waals surface area contributed by atoms with E-state index in [4.69, 9.17) is 4.98 Å². The molecule has 3 rings (SSSR count). The molecule has 6 heteroatoms. The molecule has 0 bridgehead atoms. The Kier molecular flexibility index (Phi) is 6.07. The summed E-state index contributed by atoms with van der Waals surface area (Å²) in [4.78, 5) is 10.5. The number of fused-ring (bicyclic) bond motifs is 1. The lowest BCUT2D eigenvalue weighted by molar-refractivity contribution is 0.679. The fraction of sp³-hybridized carbons (Fsp3) is 0.714. The first-order valence-corrected chi connectivity index (χ1v) is 8.11. The molecule has 2 N–H and O–H groups in total. The van der Waals surface area contributed by atoms with Crippen LogP contribution in [-0.4, -0.2) is 30.6 Å². The SMILES string of the molecule is CN=C(NCCc1nc2c(s1)CCCC2)NC1CC1.I. The van der Waals surface area contributed by atoms with Gasteiger partial charge in [-0.3, -0.25) is 4.99 Å². The Morgan fingerprint density at radius 2 is 2.15 bits per heavy atom. The molecule has 2 aliphatic carbocycles. The van der Waals surface area contributed by atoms with E-state index in [-0.39, 0.29) is 24.0 Å². The maximum atomic E-state index is 4.76. The lowest BCUT2D eigenvalue weighted by Gasteiger charge is -2.09. The minimum Gasteiger partial charge on any atom is -0.356 e. The minimum atomic E-state index is 0. The fourth-order valence-corrected chi connectivity index (χ4v) is 3.57. The van der Waals surface area contributed by atoms with Gasteiger partial charge < -0.3 is 10.6 Å². The van der Waals surface area contributed by atoms with E-state index in [0.717, 1.165) is 18.9 Å². The Bertz CT molecular complexity index is 444. The lowest BCUT2D eigenvalue weighted by Crippen LogP contribution is -2.39. The van der Waals surface area contributed by atoms with Gasteiger partial charge in [0.15, 0.2) is 5.96 Å². The zero-order chi connectivity index (χ0) is 13.1. The predicted octanol–water partition coefficient (Wildman–Crippen LogP) is 2.51. The molecule has 0 radical (unpaired) electrons. The average molecular weight is 406 g/mol. The second-order valence-corrected chi connectivity index (χ2v) is 6.52. The normalized spacial score (nSPS) is 18.1. The van der Waals surface area contributed by atoms with Crippen LogP contribution in [0.5, 0.6) is 0 Å². The summed E-state index contributed by atoms with van der Waals surface area (Å²) >= 11 is 1.91. The van der Waals surface area contributed by atoms with E-state index >= 15 is 0 Å². The number of nitrogens with zero attached hydrogens (tertiary/aromatic N) is 2. The minimum absolute atomic E-state index is 0. The van der Waals surface area contributed by atoms with Gasteiger partial charge in [-0.05, 0) is 38.5 Å². The molecular weight excluding hydrogens is 383 g/mol. The summed E-state index contributed by atoms with van der Waals surface area (Å²) in [6.07, 6.45) is 8.63. The van der Waals surface area contributed by atoms with Gasteiger partial charge in [-0.25, -0.2) is 4.98 Å². The van der Waals surface area contributed by atoms with Gasteiger partial charge in [-0.1, -0.05) is 0 Å². The van der Waals surface area contributed by atoms with Crippen LogP contribution in [0.15, 0.2) is 4.99 Å². The van der Waals surface area contributed by atoms with Crippen LogP contribution in [0.2, 0.25) is 0 Å². The first kappa shape index (κ1) is 16.0. The molecule has 0 saturated heterocycles. The molecule has 1 aromatic rings. The standard InChI is InChI=1S/C14H22N4S.HI/c1-15-14(17-10-6-7-10)16-9-8-13-18-11-4-2-3-5-12(11)19-13;/h10H,2-9H2,1H3,(H2,15,16,17);1H. The molecule has 0 unspecified atom stereocenters. The number of hydrogen-bond acceptors (Lipinski definition) is 3. The van der Waals surface area contributed by atoms with E-state index in [2.05, 4.69) is 15.6 Å². The van der Waals surface area contributed by atoms with Crippen LogP contribution in [0, 0.1) is 0 Å². The van der Waals surface area contributed by atoms with E-state index in [1.54, 1.807) is 0 Å². The number of thiazole rings is 1. The van der Waals surface area contributed by atoms with E-state index in [1.807, 2.05) is 18.4 Å². The van der Waals surface area contributed by atoms with Crippen LogP contribution in [0.1, 0.15) is 41.3 Å². The Balaban J connectivity index is 0.00000147. The van der Waals surface area contributed by atoms with E-state index < -0.39 is 0 Å². The third kappa shape index (κ3) is 4.31. The summed E-state index contributed by atoms with van der Waals surface area (Å²) in [6.45, 7) is 0.915. The first-order valence-electron chi connectivity index (χ1n) is 7.30. The second kappa shape index (κ2) is 7.59. The van der Waals surface area contributed by atoms with E-state index in [1.165, 1.54) is 54.1 Å². The summed E-state index contributed by atoms with van der Waals surface area (Å²) in [7, 11) is 1.83. The van der Waals surface area contributed by atoms with Crippen LogP contribution in [-0.2, 0) is 19.3 Å². The zero-order valence-electron chi connectivity index (χ0n) is 11.9. The van der Waals surface area contributed by atoms with Gasteiger partial charge in [0.1, 0.15) is 0 Å². The number of guanidine groups is 1. The molecule has 1 heterocycles. The van der Waals surface area contributed by atoms with Crippen molar-refractivity contribution in [3.63, 3.8) is 0 Å². The van der Waals surface area contributed by atoms with Gasteiger partial charge >= 0.3 is 0 Å². The van der Waals surface area contributed by atoms with Gasteiger partial charge in [-0.2, -0.15) is 0 Å². The highest BCUT2D eigenvalue weighted by Crippen LogP contribution is 2.26. The molecule has 1 saturated carbocycles. The highest BCUT2D eigenvalue weighted by atomic mass is 127. The van der Waals surface area contributed by atoms with Crippen molar-refractivity contribution in [2.75, 3.05) is 13.6 Å². The van der Waals surface area contributed by atoms with Gasteiger partial charge in [0.2, 0.25) is 0 Å². The zero-order valence-corrected chi connectivity index (χ0v) is 15.1. The van der Waals surface area contributed by atoms with Gasteiger partial charge in [-0.15, -0.1) is 35.3 Å². The number of aryl methyl sites for hydroxylation is 2. The third-order valence-electron chi connectivity index (χ3n) is 3.66. The van der Waals surface area contributed by atoms with Crippen LogP contribution >= 0.6 is 35.3 Å². The van der Waals surface area contributed by atoms with Crippen molar-refractivity contribution in [2.45, 2.75) is 51.0 Å². The van der Waals surface area contributed by atoms with E-state index in [0.29, 0.717) is 6.04 Å². The predicted molar refractivity (Wildman–Crippen MR) is 95.4 cm³/mol. The highest BCUT2D eigenvalue weighted by Gasteiger charge is 2.22. The first-order chi connectivity index (χ1) is 9.35. The van der Waals surface area contributed by atoms with Crippen molar-refractivity contribution < 1.29 is 0 Å². The number of aliphatic imine (C=N–C) groups is 1. The molecule has 20 heavy (non-hydrogen) atoms. The van der Waals surface area contributed by atoms with Gasteiger partial charge in [0.05, 0.1) is 10.7 Å². The second-order valence-electron chi connectivity index (χ2n) is 5.35. The maximum Gasteiger partial charge on any atom is 0.191 e. The van der Waals surface area contributed by atoms with Crippen molar-refractivity contribution in [2.24, 2.45) is 4.99 Å². The third-order valence-corrected chi connectivity index (χ3v) is 4.88. The molecule has 2 aliphatic rings. The Labute approximate surface area is 141 Å². The fourth-order valence-electron chi connectivity index (χ4n) is 2.42. The Hall–Kier alpha value is -0.370. The summed E-state index contributed by atoms with van der Waals surface area (Å²) in [5.41, 5.74) is 1.37. The van der Waals surface area contributed by atoms with Gasteiger partial charge in [0, 0.05) is 30.9 Å². The quantitative estimate of drug-likeness (QED) is 0.459. The lowest BCUT2D eigenvalue weighted by atomic mass is 10.0. The molecule has 1 fully saturated rings. The molecule has 112 valence electrons. The van der Waals surface area contributed by atoms with Crippen LogP contribution in [0.4, 0.5) is 0 Å². The molecule has 0 aliphatic heterocycles. The average Bonchev–Trinajstić information content (AvgIpc) is 3.14. The van der Waals surface area contributed by atoms with Crippen molar-refractivity contribution >= 4 is 41.3 Å². The Morgan fingerprint density at radius 1 is 1.35 bits per heavy atom. The molecule has 4 nitrogen and oxygen atoms in total. The van der Waals surface area contributed by atoms with Crippen molar-refractivity contribution in [1.82, 2.24) is 15.6 Å². The Morgan fingerprint density at radius 3 is 2.85 bits per heavy atom. The number of nitrogens with one attached hydrogen (secondary N) is 2. The summed E-state index contributed by atoms with van der Waals surface area (Å²) in [5.74, 6) is 0.934. The molecule has 0 atom stereocenters. The van der Waals surface area contributed by atoms with E-state index in [9.17, 15) is 0 Å².